The largest absolute Gasteiger partial charge is 0.396 e. The highest BCUT2D eigenvalue weighted by Gasteiger charge is 2.37. The van der Waals surface area contributed by atoms with E-state index < -0.39 is 0 Å². The molecule has 1 heterocycles. The van der Waals surface area contributed by atoms with Crippen molar-refractivity contribution in [1.29, 1.82) is 0 Å². The number of ether oxygens (including phenoxy) is 1. The summed E-state index contributed by atoms with van der Waals surface area (Å²) in [7, 11) is 6.22. The minimum absolute atomic E-state index is 0.0327. The van der Waals surface area contributed by atoms with Crippen molar-refractivity contribution in [1.82, 2.24) is 15.5 Å². The Morgan fingerprint density at radius 1 is 1.28 bits per heavy atom. The molecular formula is C19H38N4O2. The topological polar surface area (TPSA) is 69.1 Å². The number of rotatable bonds is 7. The second kappa shape index (κ2) is 9.19. The van der Waals surface area contributed by atoms with Crippen LogP contribution in [0.2, 0.25) is 0 Å². The number of nitrogens with zero attached hydrogens (tertiary/aromatic N) is 2. The van der Waals surface area contributed by atoms with E-state index in [1.807, 2.05) is 7.05 Å². The monoisotopic (exact) mass is 354 g/mol. The zero-order valence-corrected chi connectivity index (χ0v) is 16.6. The third-order valence-electron chi connectivity index (χ3n) is 6.28. The van der Waals surface area contributed by atoms with Crippen molar-refractivity contribution in [2.45, 2.75) is 51.0 Å². The van der Waals surface area contributed by atoms with Crippen LogP contribution in [0, 0.1) is 11.3 Å². The second-order valence-corrected chi connectivity index (χ2v) is 8.38. The van der Waals surface area contributed by atoms with Gasteiger partial charge in [0.1, 0.15) is 0 Å². The summed E-state index contributed by atoms with van der Waals surface area (Å²) in [6.07, 6.45) is 6.87. The molecule has 1 aliphatic carbocycles. The van der Waals surface area contributed by atoms with Gasteiger partial charge in [-0.15, -0.1) is 0 Å². The van der Waals surface area contributed by atoms with E-state index in [9.17, 15) is 5.11 Å². The van der Waals surface area contributed by atoms with Crippen LogP contribution in [0.4, 0.5) is 0 Å². The normalized spacial score (nSPS) is 33.7. The summed E-state index contributed by atoms with van der Waals surface area (Å²) in [6, 6.07) is 0. The first-order valence-corrected chi connectivity index (χ1v) is 9.76. The smallest absolute Gasteiger partial charge is 0.191 e. The van der Waals surface area contributed by atoms with Gasteiger partial charge >= 0.3 is 0 Å². The number of hydrogen-bond donors (Lipinski definition) is 3. The van der Waals surface area contributed by atoms with Crippen LogP contribution in [0.5, 0.6) is 0 Å². The molecule has 2 rings (SSSR count). The van der Waals surface area contributed by atoms with Crippen molar-refractivity contribution in [3.05, 3.63) is 0 Å². The predicted octanol–water partition coefficient (Wildman–Crippen LogP) is 1.45. The van der Waals surface area contributed by atoms with Crippen LogP contribution in [0.25, 0.3) is 0 Å². The number of aliphatic hydroxyl groups excluding tert-OH is 1. The van der Waals surface area contributed by atoms with Gasteiger partial charge in [0.05, 0.1) is 6.61 Å². The van der Waals surface area contributed by atoms with Crippen LogP contribution in [-0.4, -0.2) is 75.6 Å². The summed E-state index contributed by atoms with van der Waals surface area (Å²) in [6.45, 7) is 5.78. The molecule has 0 spiro atoms. The van der Waals surface area contributed by atoms with Crippen molar-refractivity contribution in [2.75, 3.05) is 54.1 Å². The van der Waals surface area contributed by atoms with Gasteiger partial charge in [-0.3, -0.25) is 4.99 Å². The maximum absolute atomic E-state index is 9.37. The molecule has 0 aromatic rings. The maximum Gasteiger partial charge on any atom is 0.191 e. The molecule has 3 atom stereocenters. The van der Waals surface area contributed by atoms with Crippen LogP contribution >= 0.6 is 0 Å². The quantitative estimate of drug-likeness (QED) is 0.477. The molecule has 2 aliphatic rings. The number of likely N-dealkylation sites (N-methyl/N-ethyl adjacent to an activating group) is 1. The minimum Gasteiger partial charge on any atom is -0.396 e. The molecule has 0 aromatic heterocycles. The number of aliphatic imine (C=N–C) groups is 1. The molecule has 146 valence electrons. The lowest BCUT2D eigenvalue weighted by molar-refractivity contribution is 0.0794. The number of aliphatic hydroxyl groups is 1. The molecular weight excluding hydrogens is 316 g/mol. The summed E-state index contributed by atoms with van der Waals surface area (Å²) in [4.78, 5) is 6.80. The Labute approximate surface area is 153 Å². The number of nitrogens with one attached hydrogen (secondary N) is 2. The zero-order valence-electron chi connectivity index (χ0n) is 16.6. The molecule has 25 heavy (non-hydrogen) atoms. The first-order chi connectivity index (χ1) is 12.0. The SMILES string of the molecule is CN=C(NCC1(CCO)CCOC1)NCC1(N(C)C)CCCC(C)C1. The van der Waals surface area contributed by atoms with E-state index in [2.05, 4.69) is 41.5 Å². The highest BCUT2D eigenvalue weighted by molar-refractivity contribution is 5.79. The Hall–Kier alpha value is -0.850. The molecule has 0 radical (unpaired) electrons. The standard InChI is InChI=1S/C19H38N4O2/c1-16-6-5-7-19(12-16,23(3)4)14-22-17(20-2)21-13-18(8-10-24)9-11-25-15-18/h16,24H,5-15H2,1-4H3,(H2,20,21,22). The minimum atomic E-state index is 0.0327. The van der Waals surface area contributed by atoms with Gasteiger partial charge in [-0.1, -0.05) is 19.8 Å². The lowest BCUT2D eigenvalue weighted by Crippen LogP contribution is -2.57. The van der Waals surface area contributed by atoms with E-state index in [-0.39, 0.29) is 17.6 Å². The van der Waals surface area contributed by atoms with E-state index in [4.69, 9.17) is 4.74 Å². The Morgan fingerprint density at radius 3 is 2.60 bits per heavy atom. The van der Waals surface area contributed by atoms with Crippen molar-refractivity contribution in [3.8, 4) is 0 Å². The van der Waals surface area contributed by atoms with Gasteiger partial charge in [0.15, 0.2) is 5.96 Å². The molecule has 1 saturated carbocycles. The third kappa shape index (κ3) is 5.31. The highest BCUT2D eigenvalue weighted by atomic mass is 16.5. The van der Waals surface area contributed by atoms with Gasteiger partial charge in [-0.25, -0.2) is 0 Å². The summed E-state index contributed by atoms with van der Waals surface area (Å²) in [5, 5.41) is 16.4. The van der Waals surface area contributed by atoms with Crippen LogP contribution < -0.4 is 10.6 Å². The van der Waals surface area contributed by atoms with E-state index in [1.54, 1.807) is 0 Å². The summed E-state index contributed by atoms with van der Waals surface area (Å²) in [5.41, 5.74) is 0.236. The molecule has 6 heteroatoms. The Kier molecular flexibility index (Phi) is 7.52. The first kappa shape index (κ1) is 20.5. The molecule has 3 unspecified atom stereocenters. The van der Waals surface area contributed by atoms with Gasteiger partial charge < -0.3 is 25.4 Å². The predicted molar refractivity (Wildman–Crippen MR) is 103 cm³/mol. The van der Waals surface area contributed by atoms with E-state index in [1.165, 1.54) is 25.7 Å². The van der Waals surface area contributed by atoms with Gasteiger partial charge in [-0.05, 0) is 45.7 Å². The average Bonchev–Trinajstić information content (AvgIpc) is 3.04. The second-order valence-electron chi connectivity index (χ2n) is 8.38. The number of hydrogen-bond acceptors (Lipinski definition) is 4. The van der Waals surface area contributed by atoms with E-state index in [0.717, 1.165) is 51.0 Å². The van der Waals surface area contributed by atoms with E-state index in [0.29, 0.717) is 0 Å². The molecule has 0 amide bonds. The molecule has 1 aliphatic heterocycles. The fourth-order valence-corrected chi connectivity index (χ4v) is 4.41. The highest BCUT2D eigenvalue weighted by Crippen LogP contribution is 2.35. The lowest BCUT2D eigenvalue weighted by Gasteiger charge is -2.45. The van der Waals surface area contributed by atoms with Gasteiger partial charge in [-0.2, -0.15) is 0 Å². The van der Waals surface area contributed by atoms with Crippen molar-refractivity contribution >= 4 is 5.96 Å². The zero-order chi connectivity index (χ0) is 18.3. The average molecular weight is 355 g/mol. The fourth-order valence-electron chi connectivity index (χ4n) is 4.41. The van der Waals surface area contributed by atoms with Crippen molar-refractivity contribution < 1.29 is 9.84 Å². The Bertz CT molecular complexity index is 435. The molecule has 0 bridgehead atoms. The van der Waals surface area contributed by atoms with Crippen LogP contribution in [0.1, 0.15) is 45.4 Å². The number of guanidine groups is 1. The van der Waals surface area contributed by atoms with Gasteiger partial charge in [0, 0.05) is 44.3 Å². The van der Waals surface area contributed by atoms with E-state index >= 15 is 0 Å². The van der Waals surface area contributed by atoms with Crippen LogP contribution in [0.15, 0.2) is 4.99 Å². The third-order valence-corrected chi connectivity index (χ3v) is 6.28. The molecule has 0 aromatic carbocycles. The molecule has 3 N–H and O–H groups in total. The molecule has 1 saturated heterocycles. The van der Waals surface area contributed by atoms with Crippen molar-refractivity contribution in [3.63, 3.8) is 0 Å². The maximum atomic E-state index is 9.37. The van der Waals surface area contributed by atoms with Gasteiger partial charge in [0.2, 0.25) is 0 Å². The first-order valence-electron chi connectivity index (χ1n) is 9.76. The summed E-state index contributed by atoms with van der Waals surface area (Å²) >= 11 is 0. The van der Waals surface area contributed by atoms with Gasteiger partial charge in [0.25, 0.3) is 0 Å². The summed E-state index contributed by atoms with van der Waals surface area (Å²) < 4.78 is 5.58. The summed E-state index contributed by atoms with van der Waals surface area (Å²) in [5.74, 6) is 1.63. The Balaban J connectivity index is 1.90. The fraction of sp³-hybridized carbons (Fsp3) is 0.947. The van der Waals surface area contributed by atoms with Crippen molar-refractivity contribution in [2.24, 2.45) is 16.3 Å². The van der Waals surface area contributed by atoms with Crippen LogP contribution in [0.3, 0.4) is 0 Å². The van der Waals surface area contributed by atoms with Crippen LogP contribution in [-0.2, 0) is 4.74 Å². The lowest BCUT2D eigenvalue weighted by atomic mass is 9.75. The molecule has 2 fully saturated rings. The Morgan fingerprint density at radius 2 is 2.04 bits per heavy atom. The molecule has 6 nitrogen and oxygen atoms in total.